The van der Waals surface area contributed by atoms with E-state index in [9.17, 15) is 8.42 Å². The van der Waals surface area contributed by atoms with Gasteiger partial charge in [-0.05, 0) is 19.2 Å². The summed E-state index contributed by atoms with van der Waals surface area (Å²) in [7, 11) is -1.34. The van der Waals surface area contributed by atoms with Gasteiger partial charge in [-0.2, -0.15) is 4.31 Å². The van der Waals surface area contributed by atoms with Gasteiger partial charge in [0.1, 0.15) is 0 Å². The Morgan fingerprint density at radius 3 is 2.65 bits per heavy atom. The van der Waals surface area contributed by atoms with Gasteiger partial charge in [-0.25, -0.2) is 8.42 Å². The van der Waals surface area contributed by atoms with Crippen LogP contribution in [0.5, 0.6) is 0 Å². The van der Waals surface area contributed by atoms with Crippen molar-refractivity contribution in [2.45, 2.75) is 11.0 Å². The van der Waals surface area contributed by atoms with Crippen molar-refractivity contribution >= 4 is 10.0 Å². The lowest BCUT2D eigenvalue weighted by Crippen LogP contribution is -2.32. The fourth-order valence-corrected chi connectivity index (χ4v) is 4.49. The minimum absolute atomic E-state index is 0.0263. The number of nitrogens with zero attached hydrogens (tertiary/aromatic N) is 2. The standard InChI is InChI=1S/C14H20N2O3S/c1-15-7-8-19-14-11-16(10-12(14)9-15)20(17,18)13-5-3-2-4-6-13/h2-6,12,14H,7-11H2,1H3/t12-,14+/m1/s1. The molecule has 0 amide bonds. The molecule has 0 aromatic heterocycles. The average Bonchev–Trinajstić information content (AvgIpc) is 2.76. The first-order valence-corrected chi connectivity index (χ1v) is 8.37. The molecule has 5 nitrogen and oxygen atoms in total. The van der Waals surface area contributed by atoms with Gasteiger partial charge in [-0.15, -0.1) is 0 Å². The van der Waals surface area contributed by atoms with Gasteiger partial charge in [0.25, 0.3) is 0 Å². The highest BCUT2D eigenvalue weighted by atomic mass is 32.2. The third-order valence-corrected chi connectivity index (χ3v) is 5.93. The van der Waals surface area contributed by atoms with Gasteiger partial charge in [-0.1, -0.05) is 18.2 Å². The largest absolute Gasteiger partial charge is 0.375 e. The number of fused-ring (bicyclic) bond motifs is 1. The second-order valence-electron chi connectivity index (χ2n) is 5.57. The minimum atomic E-state index is -3.39. The number of benzene rings is 1. The molecule has 6 heteroatoms. The Bertz CT molecular complexity index is 561. The summed E-state index contributed by atoms with van der Waals surface area (Å²) < 4.78 is 32.6. The van der Waals surface area contributed by atoms with Crippen LogP contribution in [-0.4, -0.2) is 63.6 Å². The number of hydrogen-bond acceptors (Lipinski definition) is 4. The van der Waals surface area contributed by atoms with E-state index < -0.39 is 10.0 Å². The maximum absolute atomic E-state index is 12.6. The van der Waals surface area contributed by atoms with E-state index in [-0.39, 0.29) is 12.0 Å². The van der Waals surface area contributed by atoms with Crippen LogP contribution in [0.15, 0.2) is 35.2 Å². The van der Waals surface area contributed by atoms with Crippen LogP contribution in [0.4, 0.5) is 0 Å². The summed E-state index contributed by atoms with van der Waals surface area (Å²) in [6.07, 6.45) is 0.0263. The molecular weight excluding hydrogens is 276 g/mol. The molecule has 3 rings (SSSR count). The molecule has 2 fully saturated rings. The normalized spacial score (nSPS) is 29.1. The monoisotopic (exact) mass is 296 g/mol. The molecule has 0 saturated carbocycles. The topological polar surface area (TPSA) is 49.9 Å². The van der Waals surface area contributed by atoms with Crippen LogP contribution >= 0.6 is 0 Å². The fraction of sp³-hybridized carbons (Fsp3) is 0.571. The van der Waals surface area contributed by atoms with Crippen molar-refractivity contribution in [3.8, 4) is 0 Å². The number of sulfonamides is 1. The van der Waals surface area contributed by atoms with Gasteiger partial charge < -0.3 is 9.64 Å². The molecule has 1 aromatic carbocycles. The summed E-state index contributed by atoms with van der Waals surface area (Å²) >= 11 is 0. The van der Waals surface area contributed by atoms with E-state index >= 15 is 0 Å². The second-order valence-corrected chi connectivity index (χ2v) is 7.50. The number of hydrogen-bond donors (Lipinski definition) is 0. The van der Waals surface area contributed by atoms with Crippen LogP contribution in [0.3, 0.4) is 0 Å². The van der Waals surface area contributed by atoms with Crippen molar-refractivity contribution in [1.29, 1.82) is 0 Å². The Labute approximate surface area is 120 Å². The van der Waals surface area contributed by atoms with Gasteiger partial charge in [0, 0.05) is 32.1 Å². The summed E-state index contributed by atoms with van der Waals surface area (Å²) in [6.45, 7) is 3.50. The zero-order valence-electron chi connectivity index (χ0n) is 11.6. The Morgan fingerprint density at radius 2 is 1.90 bits per heavy atom. The van der Waals surface area contributed by atoms with E-state index in [1.54, 1.807) is 28.6 Å². The van der Waals surface area contributed by atoms with Crippen LogP contribution < -0.4 is 0 Å². The predicted molar refractivity (Wildman–Crippen MR) is 75.9 cm³/mol. The SMILES string of the molecule is CN1CCO[C@H]2CN(S(=O)(=O)c3ccccc3)C[C@H]2C1. The molecule has 0 N–H and O–H groups in total. The molecular formula is C14H20N2O3S. The molecule has 2 saturated heterocycles. The van der Waals surface area contributed by atoms with E-state index in [4.69, 9.17) is 4.74 Å². The summed E-state index contributed by atoms with van der Waals surface area (Å²) in [6, 6.07) is 8.63. The first kappa shape index (κ1) is 14.0. The first-order chi connectivity index (χ1) is 9.57. The molecule has 0 unspecified atom stereocenters. The lowest BCUT2D eigenvalue weighted by molar-refractivity contribution is 0.0550. The molecule has 2 atom stereocenters. The first-order valence-electron chi connectivity index (χ1n) is 6.93. The molecule has 0 radical (unpaired) electrons. The zero-order chi connectivity index (χ0) is 14.2. The van der Waals surface area contributed by atoms with E-state index in [0.717, 1.165) is 13.1 Å². The lowest BCUT2D eigenvalue weighted by Gasteiger charge is -2.19. The van der Waals surface area contributed by atoms with Crippen molar-refractivity contribution in [2.24, 2.45) is 5.92 Å². The van der Waals surface area contributed by atoms with Gasteiger partial charge in [0.2, 0.25) is 10.0 Å². The van der Waals surface area contributed by atoms with E-state index in [1.807, 2.05) is 6.07 Å². The van der Waals surface area contributed by atoms with Crippen molar-refractivity contribution in [2.75, 3.05) is 39.8 Å². The van der Waals surface area contributed by atoms with Crippen LogP contribution in [0.2, 0.25) is 0 Å². The third kappa shape index (κ3) is 2.61. The van der Waals surface area contributed by atoms with Gasteiger partial charge in [0.15, 0.2) is 0 Å². The van der Waals surface area contributed by atoms with Crippen molar-refractivity contribution < 1.29 is 13.2 Å². The highest BCUT2D eigenvalue weighted by Gasteiger charge is 2.41. The summed E-state index contributed by atoms with van der Waals surface area (Å²) in [4.78, 5) is 2.58. The number of rotatable bonds is 2. The highest BCUT2D eigenvalue weighted by Crippen LogP contribution is 2.28. The predicted octanol–water partition coefficient (Wildman–Crippen LogP) is 0.638. The van der Waals surface area contributed by atoms with Crippen molar-refractivity contribution in [3.05, 3.63) is 30.3 Å². The molecule has 2 aliphatic heterocycles. The average molecular weight is 296 g/mol. The molecule has 2 heterocycles. The molecule has 2 aliphatic rings. The Hall–Kier alpha value is -0.950. The van der Waals surface area contributed by atoms with Gasteiger partial charge in [0.05, 0.1) is 17.6 Å². The highest BCUT2D eigenvalue weighted by molar-refractivity contribution is 7.89. The Morgan fingerprint density at radius 1 is 1.15 bits per heavy atom. The zero-order valence-corrected chi connectivity index (χ0v) is 12.4. The second kappa shape index (κ2) is 5.44. The molecule has 0 spiro atoms. The minimum Gasteiger partial charge on any atom is -0.375 e. The molecule has 0 bridgehead atoms. The van der Waals surface area contributed by atoms with E-state index in [0.29, 0.717) is 24.6 Å². The van der Waals surface area contributed by atoms with Crippen LogP contribution in [0.25, 0.3) is 0 Å². The Kier molecular flexibility index (Phi) is 3.81. The van der Waals surface area contributed by atoms with E-state index in [2.05, 4.69) is 11.9 Å². The maximum atomic E-state index is 12.6. The summed E-state index contributed by atoms with van der Waals surface area (Å²) in [5.41, 5.74) is 0. The molecule has 1 aromatic rings. The molecule has 110 valence electrons. The Balaban J connectivity index is 1.80. The van der Waals surface area contributed by atoms with Crippen molar-refractivity contribution in [3.63, 3.8) is 0 Å². The molecule has 20 heavy (non-hydrogen) atoms. The smallest absolute Gasteiger partial charge is 0.243 e. The molecule has 0 aliphatic carbocycles. The van der Waals surface area contributed by atoms with E-state index in [1.165, 1.54) is 0 Å². The maximum Gasteiger partial charge on any atom is 0.243 e. The van der Waals surface area contributed by atoms with Crippen LogP contribution in [0.1, 0.15) is 0 Å². The lowest BCUT2D eigenvalue weighted by atomic mass is 10.1. The van der Waals surface area contributed by atoms with Crippen LogP contribution in [-0.2, 0) is 14.8 Å². The van der Waals surface area contributed by atoms with Crippen LogP contribution in [0, 0.1) is 5.92 Å². The number of ether oxygens (including phenoxy) is 1. The van der Waals surface area contributed by atoms with Gasteiger partial charge in [-0.3, -0.25) is 0 Å². The quantitative estimate of drug-likeness (QED) is 0.803. The number of likely N-dealkylation sites (N-methyl/N-ethyl adjacent to an activating group) is 1. The fourth-order valence-electron chi connectivity index (χ4n) is 2.96. The van der Waals surface area contributed by atoms with Gasteiger partial charge >= 0.3 is 0 Å². The van der Waals surface area contributed by atoms with Crippen molar-refractivity contribution in [1.82, 2.24) is 9.21 Å². The third-order valence-electron chi connectivity index (χ3n) is 4.08. The summed E-state index contributed by atoms with van der Waals surface area (Å²) in [5, 5.41) is 0. The summed E-state index contributed by atoms with van der Waals surface area (Å²) in [5.74, 6) is 0.265.